The maximum atomic E-state index is 14.7. The van der Waals surface area contributed by atoms with Crippen molar-refractivity contribution in [1.82, 2.24) is 29.9 Å². The molecule has 0 spiro atoms. The summed E-state index contributed by atoms with van der Waals surface area (Å²) in [6.45, 7) is 7.47. The number of halogens is 4. The molecule has 0 unspecified atom stereocenters. The second kappa shape index (κ2) is 14.0. The minimum atomic E-state index is -2.84. The third-order valence-corrected chi connectivity index (χ3v) is 8.63. The zero-order chi connectivity index (χ0) is 33.9. The van der Waals surface area contributed by atoms with Gasteiger partial charge in [-0.15, -0.1) is 0 Å². The van der Waals surface area contributed by atoms with Gasteiger partial charge in [0.05, 0.1) is 30.0 Å². The van der Waals surface area contributed by atoms with Crippen molar-refractivity contribution in [1.29, 1.82) is 5.26 Å². The van der Waals surface area contributed by atoms with Crippen LogP contribution in [0.25, 0.3) is 11.6 Å². The number of carbonyl (C=O) groups excluding carboxylic acids is 1. The molecular formula is C32H35F4N7O4. The number of nitriles is 1. The Kier molecular flexibility index (Phi) is 10.1. The van der Waals surface area contributed by atoms with E-state index in [2.05, 4.69) is 32.8 Å². The largest absolute Gasteiger partial charge is 0.474 e. The smallest absolute Gasteiger partial charge is 0.276 e. The average molecular weight is 658 g/mol. The minimum absolute atomic E-state index is 0.0484. The lowest BCUT2D eigenvalue weighted by atomic mass is 9.83. The zero-order valence-corrected chi connectivity index (χ0v) is 26.2. The molecule has 2 aliphatic rings. The van der Waals surface area contributed by atoms with Gasteiger partial charge in [0.1, 0.15) is 17.7 Å². The molecule has 0 saturated carbocycles. The monoisotopic (exact) mass is 657 g/mol. The summed E-state index contributed by atoms with van der Waals surface area (Å²) < 4.78 is 75.4. The number of nitrogens with zero attached hydrogens (tertiary/aromatic N) is 7. The van der Waals surface area contributed by atoms with Crippen LogP contribution in [0.3, 0.4) is 0 Å². The number of carbonyl (C=O) groups is 1. The first-order valence-electron chi connectivity index (χ1n) is 15.2. The van der Waals surface area contributed by atoms with Crippen molar-refractivity contribution in [2.75, 3.05) is 20.1 Å². The molecular weight excluding hydrogens is 622 g/mol. The number of hydrogen-bond acceptors (Lipinski definition) is 10. The Hall–Kier alpha value is -4.58. The van der Waals surface area contributed by atoms with E-state index in [1.165, 1.54) is 32.1 Å². The Morgan fingerprint density at radius 2 is 1.89 bits per heavy atom. The van der Waals surface area contributed by atoms with Crippen molar-refractivity contribution in [2.45, 2.75) is 82.1 Å². The van der Waals surface area contributed by atoms with Crippen molar-refractivity contribution in [3.8, 4) is 29.5 Å². The first kappa shape index (κ1) is 33.8. The number of rotatable bonds is 11. The van der Waals surface area contributed by atoms with Crippen molar-refractivity contribution < 1.29 is 36.4 Å². The fourth-order valence-corrected chi connectivity index (χ4v) is 6.18. The summed E-state index contributed by atoms with van der Waals surface area (Å²) in [5.41, 5.74) is -1.69. The number of piperidine rings is 1. The highest BCUT2D eigenvalue weighted by atomic mass is 19.3. The van der Waals surface area contributed by atoms with Crippen LogP contribution < -0.4 is 9.47 Å². The van der Waals surface area contributed by atoms with Gasteiger partial charge in [0.25, 0.3) is 6.43 Å². The predicted molar refractivity (Wildman–Crippen MR) is 159 cm³/mol. The van der Waals surface area contributed by atoms with E-state index < -0.39 is 47.8 Å². The van der Waals surface area contributed by atoms with E-state index in [0.29, 0.717) is 32.4 Å². The highest BCUT2D eigenvalue weighted by Crippen LogP contribution is 2.36. The van der Waals surface area contributed by atoms with E-state index in [1.54, 1.807) is 16.8 Å². The van der Waals surface area contributed by atoms with Crippen LogP contribution in [0, 0.1) is 23.0 Å². The van der Waals surface area contributed by atoms with Gasteiger partial charge in [-0.25, -0.2) is 17.6 Å². The zero-order valence-electron chi connectivity index (χ0n) is 26.2. The fourth-order valence-electron chi connectivity index (χ4n) is 6.18. The molecule has 0 bridgehead atoms. The van der Waals surface area contributed by atoms with E-state index in [1.807, 2.05) is 0 Å². The van der Waals surface area contributed by atoms with Gasteiger partial charge in [0.2, 0.25) is 35.2 Å². The van der Waals surface area contributed by atoms with Crippen LogP contribution >= 0.6 is 0 Å². The first-order chi connectivity index (χ1) is 22.4. The van der Waals surface area contributed by atoms with E-state index in [0.717, 1.165) is 18.6 Å². The number of aromatic nitrogens is 4. The van der Waals surface area contributed by atoms with E-state index >= 15 is 0 Å². The molecule has 2 saturated heterocycles. The molecule has 2 aromatic heterocycles. The topological polar surface area (TPSA) is 130 Å². The van der Waals surface area contributed by atoms with Crippen LogP contribution in [0.5, 0.6) is 11.8 Å². The lowest BCUT2D eigenvalue weighted by Crippen LogP contribution is -2.48. The summed E-state index contributed by atoms with van der Waals surface area (Å²) in [4.78, 5) is 28.7. The summed E-state index contributed by atoms with van der Waals surface area (Å²) >= 11 is 0. The molecule has 4 heterocycles. The molecule has 1 aromatic carbocycles. The summed E-state index contributed by atoms with van der Waals surface area (Å²) in [5, 5.41) is 13.3. The molecule has 0 radical (unpaired) electrons. The second-order valence-electron chi connectivity index (χ2n) is 12.1. The molecule has 4 atom stereocenters. The van der Waals surface area contributed by atoms with Crippen LogP contribution in [-0.2, 0) is 10.2 Å². The Bertz CT molecular complexity index is 1630. The lowest BCUT2D eigenvalue weighted by Gasteiger charge is -2.37. The lowest BCUT2D eigenvalue weighted by molar-refractivity contribution is -0.130. The van der Waals surface area contributed by atoms with Crippen LogP contribution in [0.2, 0.25) is 0 Å². The molecule has 0 N–H and O–H groups in total. The molecule has 5 rings (SSSR count). The van der Waals surface area contributed by atoms with E-state index in [4.69, 9.17) is 14.0 Å². The van der Waals surface area contributed by atoms with Crippen molar-refractivity contribution >= 4 is 5.91 Å². The van der Waals surface area contributed by atoms with Gasteiger partial charge in [0, 0.05) is 31.0 Å². The Balaban J connectivity index is 1.49. The number of hydrogen-bond donors (Lipinski definition) is 0. The van der Waals surface area contributed by atoms with E-state index in [-0.39, 0.29) is 47.2 Å². The Morgan fingerprint density at radius 1 is 1.17 bits per heavy atom. The van der Waals surface area contributed by atoms with Crippen molar-refractivity contribution in [3.05, 3.63) is 60.0 Å². The number of benzene rings is 1. The molecule has 2 fully saturated rings. The normalized spacial score (nSPS) is 21.0. The number of likely N-dealkylation sites (N-methyl/N-ethyl adjacent to an activating group) is 1. The fraction of sp³-hybridized carbons (Fsp3) is 0.500. The molecule has 2 aliphatic heterocycles. The van der Waals surface area contributed by atoms with Crippen molar-refractivity contribution in [3.63, 3.8) is 0 Å². The van der Waals surface area contributed by atoms with Crippen LogP contribution in [0.4, 0.5) is 17.6 Å². The number of ether oxygens (including phenoxy) is 2. The molecule has 1 amide bonds. The molecule has 250 valence electrons. The van der Waals surface area contributed by atoms with Gasteiger partial charge < -0.3 is 18.9 Å². The molecule has 11 nitrogen and oxygen atoms in total. The SMILES string of the molecule is C=CC(=O)N1CC[C@H](Oc2cc(O[C@@H](C(F)F)[C@@H]3CCCN3C)nc(-c3noc(C(C)(C)c4c(F)cccc4F)n3)n2)C[C@H]1CC#N. The summed E-state index contributed by atoms with van der Waals surface area (Å²) in [7, 11) is 1.75. The highest BCUT2D eigenvalue weighted by Gasteiger charge is 2.39. The standard InChI is InChI=1S/C32H35F4N7O4/c1-5-25(44)43-15-12-19(16-18(43)11-13-37)45-23-17-24(46-27(28(35)36)22-10-7-14-42(22)4)39-29(38-23)30-40-31(47-41-30)32(2,3)26-20(33)8-6-9-21(26)34/h5-6,8-9,17-19,22,27-28H,1,7,10-12,14-16H2,2-4H3/t18-,19+,22+,27-/m1/s1. The number of amides is 1. The van der Waals surface area contributed by atoms with Crippen LogP contribution in [0.15, 0.2) is 41.4 Å². The van der Waals surface area contributed by atoms with E-state index in [9.17, 15) is 27.6 Å². The quantitative estimate of drug-likeness (QED) is 0.203. The number of likely N-dealkylation sites (tertiary alicyclic amines) is 2. The minimum Gasteiger partial charge on any atom is -0.474 e. The second-order valence-corrected chi connectivity index (χ2v) is 12.1. The van der Waals surface area contributed by atoms with Gasteiger partial charge >= 0.3 is 0 Å². The van der Waals surface area contributed by atoms with Gasteiger partial charge in [-0.05, 0) is 58.5 Å². The van der Waals surface area contributed by atoms with Gasteiger partial charge in [-0.2, -0.15) is 20.2 Å². The van der Waals surface area contributed by atoms with Gasteiger partial charge in [-0.1, -0.05) is 17.8 Å². The van der Waals surface area contributed by atoms with Crippen LogP contribution in [0.1, 0.15) is 57.4 Å². The first-order valence-corrected chi connectivity index (χ1v) is 15.2. The Labute approximate surface area is 269 Å². The third-order valence-electron chi connectivity index (χ3n) is 8.63. The summed E-state index contributed by atoms with van der Waals surface area (Å²) in [6.07, 6.45) is -1.68. The van der Waals surface area contributed by atoms with Crippen molar-refractivity contribution in [2.24, 2.45) is 0 Å². The molecule has 3 aromatic rings. The van der Waals surface area contributed by atoms with Crippen LogP contribution in [-0.4, -0.2) is 86.7 Å². The predicted octanol–water partition coefficient (Wildman–Crippen LogP) is 5.08. The Morgan fingerprint density at radius 3 is 2.53 bits per heavy atom. The van der Waals surface area contributed by atoms with Gasteiger partial charge in [-0.3, -0.25) is 9.69 Å². The summed E-state index contributed by atoms with van der Waals surface area (Å²) in [5.74, 6) is -2.72. The summed E-state index contributed by atoms with van der Waals surface area (Å²) in [6, 6.07) is 5.84. The maximum Gasteiger partial charge on any atom is 0.276 e. The molecule has 47 heavy (non-hydrogen) atoms. The number of alkyl halides is 2. The third kappa shape index (κ3) is 7.22. The maximum absolute atomic E-state index is 14.7. The highest BCUT2D eigenvalue weighted by molar-refractivity contribution is 5.87. The average Bonchev–Trinajstić information content (AvgIpc) is 3.70. The molecule has 15 heteroatoms. The van der Waals surface area contributed by atoms with Gasteiger partial charge in [0.15, 0.2) is 6.10 Å². The molecule has 0 aliphatic carbocycles.